The third-order valence-corrected chi connectivity index (χ3v) is 5.33. The topological polar surface area (TPSA) is 50.2 Å². The summed E-state index contributed by atoms with van der Waals surface area (Å²) in [7, 11) is 0. The van der Waals surface area contributed by atoms with Gasteiger partial charge in [0.2, 0.25) is 0 Å². The lowest BCUT2D eigenvalue weighted by Crippen LogP contribution is -2.45. The van der Waals surface area contributed by atoms with Gasteiger partial charge in [-0.25, -0.2) is 9.78 Å². The Morgan fingerprint density at radius 2 is 2.30 bits per heavy atom. The van der Waals surface area contributed by atoms with E-state index < -0.39 is 0 Å². The summed E-state index contributed by atoms with van der Waals surface area (Å²) >= 11 is 1.78. The van der Waals surface area contributed by atoms with Crippen LogP contribution >= 0.6 is 11.3 Å². The highest BCUT2D eigenvalue weighted by Crippen LogP contribution is 2.22. The van der Waals surface area contributed by atoms with Crippen molar-refractivity contribution in [2.75, 3.05) is 19.6 Å². The molecule has 6 heteroatoms. The fourth-order valence-corrected chi connectivity index (χ4v) is 3.94. The molecular formula is C17H24N4OS. The molecule has 0 aliphatic carbocycles. The molecule has 1 atom stereocenters. The van der Waals surface area contributed by atoms with Crippen molar-refractivity contribution in [3.05, 3.63) is 41.1 Å². The van der Waals surface area contributed by atoms with E-state index in [-0.39, 0.29) is 6.03 Å². The number of likely N-dealkylation sites (tertiary alicyclic amines) is 1. The molecule has 1 N–H and O–H groups in total. The van der Waals surface area contributed by atoms with E-state index in [0.717, 1.165) is 38.9 Å². The second kappa shape index (κ2) is 7.64. The molecule has 0 aromatic carbocycles. The van der Waals surface area contributed by atoms with Gasteiger partial charge in [-0.05, 0) is 36.6 Å². The van der Waals surface area contributed by atoms with Gasteiger partial charge in [0, 0.05) is 42.9 Å². The Balaban J connectivity index is 1.39. The van der Waals surface area contributed by atoms with Crippen molar-refractivity contribution in [1.82, 2.24) is 19.8 Å². The molecule has 0 radical (unpaired) electrons. The molecule has 2 amide bonds. The van der Waals surface area contributed by atoms with Gasteiger partial charge in [0.15, 0.2) is 0 Å². The van der Waals surface area contributed by atoms with Gasteiger partial charge in [0.1, 0.15) is 0 Å². The van der Waals surface area contributed by atoms with Crippen molar-refractivity contribution in [1.29, 1.82) is 0 Å². The standard InChI is InChI=1S/C17H24N4OS/c1-14(11-16-3-2-10-23-16)12-19-17(22)20-7-4-15(5-8-20)21-9-6-18-13-21/h2-3,6,9-10,13-15H,4-5,7-8,11-12H2,1H3,(H,19,22)/t14-/m1/s1. The largest absolute Gasteiger partial charge is 0.338 e. The van der Waals surface area contributed by atoms with Gasteiger partial charge in [-0.1, -0.05) is 13.0 Å². The van der Waals surface area contributed by atoms with Crippen molar-refractivity contribution in [2.45, 2.75) is 32.2 Å². The molecule has 0 bridgehead atoms. The Morgan fingerprint density at radius 1 is 1.48 bits per heavy atom. The summed E-state index contributed by atoms with van der Waals surface area (Å²) in [6.07, 6.45) is 8.71. The summed E-state index contributed by atoms with van der Waals surface area (Å²) in [5.74, 6) is 0.459. The SMILES string of the molecule is C[C@@H](CNC(=O)N1CCC(n2ccnc2)CC1)Cc1cccs1. The smallest absolute Gasteiger partial charge is 0.317 e. The zero-order valence-corrected chi connectivity index (χ0v) is 14.3. The van der Waals surface area contributed by atoms with E-state index in [1.54, 1.807) is 11.3 Å². The number of nitrogens with one attached hydrogen (secondary N) is 1. The van der Waals surface area contributed by atoms with Gasteiger partial charge in [-0.2, -0.15) is 0 Å². The van der Waals surface area contributed by atoms with Crippen LogP contribution in [0.25, 0.3) is 0 Å². The van der Waals surface area contributed by atoms with Gasteiger partial charge in [0.25, 0.3) is 0 Å². The highest BCUT2D eigenvalue weighted by atomic mass is 32.1. The lowest BCUT2D eigenvalue weighted by molar-refractivity contribution is 0.170. The van der Waals surface area contributed by atoms with Crippen LogP contribution in [0.4, 0.5) is 4.79 Å². The number of carbonyl (C=O) groups excluding carboxylic acids is 1. The van der Waals surface area contributed by atoms with Crippen LogP contribution in [0.5, 0.6) is 0 Å². The summed E-state index contributed by atoms with van der Waals surface area (Å²) in [6.45, 7) is 4.55. The number of nitrogens with zero attached hydrogens (tertiary/aromatic N) is 3. The molecule has 0 saturated carbocycles. The first-order chi connectivity index (χ1) is 11.2. The van der Waals surface area contributed by atoms with Crippen molar-refractivity contribution in [3.63, 3.8) is 0 Å². The molecule has 5 nitrogen and oxygen atoms in total. The van der Waals surface area contributed by atoms with Gasteiger partial charge in [-0.15, -0.1) is 11.3 Å². The molecule has 3 rings (SSSR count). The van der Waals surface area contributed by atoms with Crippen LogP contribution in [0.1, 0.15) is 30.7 Å². The first-order valence-electron chi connectivity index (χ1n) is 8.25. The minimum atomic E-state index is 0.0760. The predicted octanol–water partition coefficient (Wildman–Crippen LogP) is 3.17. The highest BCUT2D eigenvalue weighted by molar-refractivity contribution is 7.09. The molecule has 23 heavy (non-hydrogen) atoms. The maximum absolute atomic E-state index is 12.3. The van der Waals surface area contributed by atoms with E-state index in [9.17, 15) is 4.79 Å². The Kier molecular flexibility index (Phi) is 5.33. The van der Waals surface area contributed by atoms with Crippen molar-refractivity contribution >= 4 is 17.4 Å². The molecule has 1 aliphatic heterocycles. The average molecular weight is 332 g/mol. The second-order valence-electron chi connectivity index (χ2n) is 6.30. The van der Waals surface area contributed by atoms with Crippen molar-refractivity contribution < 1.29 is 4.79 Å². The summed E-state index contributed by atoms with van der Waals surface area (Å²) in [5, 5.41) is 5.19. The number of carbonyl (C=O) groups is 1. The van der Waals surface area contributed by atoms with Crippen LogP contribution in [-0.4, -0.2) is 40.1 Å². The molecule has 2 aromatic rings. The molecule has 124 valence electrons. The number of hydrogen-bond acceptors (Lipinski definition) is 3. The molecule has 1 aliphatic rings. The van der Waals surface area contributed by atoms with E-state index in [1.807, 2.05) is 23.6 Å². The van der Waals surface area contributed by atoms with E-state index in [1.165, 1.54) is 4.88 Å². The van der Waals surface area contributed by atoms with Crippen LogP contribution in [-0.2, 0) is 6.42 Å². The molecule has 1 saturated heterocycles. The number of rotatable bonds is 5. The van der Waals surface area contributed by atoms with Crippen LogP contribution in [0.2, 0.25) is 0 Å². The maximum atomic E-state index is 12.3. The number of thiophene rings is 1. The Hall–Kier alpha value is -1.82. The summed E-state index contributed by atoms with van der Waals surface area (Å²) in [4.78, 5) is 19.7. The second-order valence-corrected chi connectivity index (χ2v) is 7.34. The van der Waals surface area contributed by atoms with Crippen LogP contribution in [0, 0.1) is 5.92 Å². The summed E-state index contributed by atoms with van der Waals surface area (Å²) < 4.78 is 2.15. The normalized spacial score (nSPS) is 17.2. The molecule has 1 fully saturated rings. The molecule has 0 spiro atoms. The minimum absolute atomic E-state index is 0.0760. The fraction of sp³-hybridized carbons (Fsp3) is 0.529. The number of hydrogen-bond donors (Lipinski definition) is 1. The van der Waals surface area contributed by atoms with Gasteiger partial charge >= 0.3 is 6.03 Å². The van der Waals surface area contributed by atoms with Crippen LogP contribution in [0.3, 0.4) is 0 Å². The molecular weight excluding hydrogens is 308 g/mol. The van der Waals surface area contributed by atoms with Gasteiger partial charge < -0.3 is 14.8 Å². The maximum Gasteiger partial charge on any atom is 0.317 e. The molecule has 0 unspecified atom stereocenters. The number of imidazole rings is 1. The highest BCUT2D eigenvalue weighted by Gasteiger charge is 2.23. The van der Waals surface area contributed by atoms with Crippen LogP contribution in [0.15, 0.2) is 36.2 Å². The predicted molar refractivity (Wildman–Crippen MR) is 92.7 cm³/mol. The quantitative estimate of drug-likeness (QED) is 0.914. The molecule has 2 aromatic heterocycles. The van der Waals surface area contributed by atoms with Crippen molar-refractivity contribution in [3.8, 4) is 0 Å². The van der Waals surface area contributed by atoms with E-state index in [2.05, 4.69) is 39.3 Å². The number of amides is 2. The van der Waals surface area contributed by atoms with E-state index in [0.29, 0.717) is 12.0 Å². The third kappa shape index (κ3) is 4.34. The first kappa shape index (κ1) is 16.1. The lowest BCUT2D eigenvalue weighted by Gasteiger charge is -2.32. The third-order valence-electron chi connectivity index (χ3n) is 4.43. The first-order valence-corrected chi connectivity index (χ1v) is 9.13. The number of aromatic nitrogens is 2. The Labute approximate surface area is 141 Å². The number of urea groups is 1. The number of piperidine rings is 1. The average Bonchev–Trinajstić information content (AvgIpc) is 3.26. The zero-order valence-electron chi connectivity index (χ0n) is 13.5. The summed E-state index contributed by atoms with van der Waals surface area (Å²) in [5.41, 5.74) is 0. The Morgan fingerprint density at radius 3 is 2.96 bits per heavy atom. The van der Waals surface area contributed by atoms with Gasteiger partial charge in [-0.3, -0.25) is 0 Å². The van der Waals surface area contributed by atoms with Crippen LogP contribution < -0.4 is 5.32 Å². The monoisotopic (exact) mass is 332 g/mol. The lowest BCUT2D eigenvalue weighted by atomic mass is 10.1. The molecule has 3 heterocycles. The van der Waals surface area contributed by atoms with E-state index >= 15 is 0 Å². The minimum Gasteiger partial charge on any atom is -0.338 e. The van der Waals surface area contributed by atoms with E-state index in [4.69, 9.17) is 0 Å². The summed E-state index contributed by atoms with van der Waals surface area (Å²) in [6, 6.07) is 4.78. The van der Waals surface area contributed by atoms with Gasteiger partial charge in [0.05, 0.1) is 6.33 Å². The Bertz CT molecular complexity index is 588. The fourth-order valence-electron chi connectivity index (χ4n) is 3.07. The zero-order chi connectivity index (χ0) is 16.1. The van der Waals surface area contributed by atoms with Crippen molar-refractivity contribution in [2.24, 2.45) is 5.92 Å².